The lowest BCUT2D eigenvalue weighted by molar-refractivity contribution is 0.131. The molecule has 2 saturated heterocycles. The number of piperidine rings is 1. The van der Waals surface area contributed by atoms with Crippen molar-refractivity contribution in [2.45, 2.75) is 58.0 Å². The molecular formula is C13H26N2. The van der Waals surface area contributed by atoms with E-state index in [1.54, 1.807) is 0 Å². The van der Waals surface area contributed by atoms with E-state index in [2.05, 4.69) is 17.1 Å². The minimum absolute atomic E-state index is 0.733. The zero-order valence-electron chi connectivity index (χ0n) is 10.2. The van der Waals surface area contributed by atoms with Crippen molar-refractivity contribution in [3.8, 4) is 0 Å². The summed E-state index contributed by atoms with van der Waals surface area (Å²) in [7, 11) is 0. The van der Waals surface area contributed by atoms with Crippen molar-refractivity contribution in [1.82, 2.24) is 10.2 Å². The number of rotatable bonds is 5. The van der Waals surface area contributed by atoms with Gasteiger partial charge in [-0.15, -0.1) is 0 Å². The van der Waals surface area contributed by atoms with Crippen molar-refractivity contribution in [1.29, 1.82) is 0 Å². The summed E-state index contributed by atoms with van der Waals surface area (Å²) in [5.74, 6) is 0.998. The molecule has 2 nitrogen and oxygen atoms in total. The minimum Gasteiger partial charge on any atom is -0.300 e. The van der Waals surface area contributed by atoms with E-state index in [0.29, 0.717) is 0 Å². The molecule has 0 aromatic rings. The highest BCUT2D eigenvalue weighted by Crippen LogP contribution is 2.26. The van der Waals surface area contributed by atoms with Crippen LogP contribution in [0.2, 0.25) is 0 Å². The predicted molar refractivity (Wildman–Crippen MR) is 64.8 cm³/mol. The molecule has 0 bridgehead atoms. The van der Waals surface area contributed by atoms with E-state index in [1.807, 2.05) is 0 Å². The molecule has 0 amide bonds. The van der Waals surface area contributed by atoms with Gasteiger partial charge in [-0.2, -0.15) is 0 Å². The Morgan fingerprint density at radius 2 is 2.13 bits per heavy atom. The maximum Gasteiger partial charge on any atom is 0.0598 e. The van der Waals surface area contributed by atoms with E-state index in [0.717, 1.165) is 12.1 Å². The van der Waals surface area contributed by atoms with E-state index in [-0.39, 0.29) is 0 Å². The fourth-order valence-corrected chi connectivity index (χ4v) is 3.07. The van der Waals surface area contributed by atoms with Crippen molar-refractivity contribution in [2.24, 2.45) is 5.92 Å². The largest absolute Gasteiger partial charge is 0.300 e. The van der Waals surface area contributed by atoms with Gasteiger partial charge < -0.3 is 5.32 Å². The van der Waals surface area contributed by atoms with Crippen LogP contribution in [0.4, 0.5) is 0 Å². The predicted octanol–water partition coefficient (Wildman–Crippen LogP) is 2.60. The second-order valence-electron chi connectivity index (χ2n) is 5.26. The highest BCUT2D eigenvalue weighted by atomic mass is 15.3. The van der Waals surface area contributed by atoms with Gasteiger partial charge in [0, 0.05) is 19.6 Å². The molecule has 1 N–H and O–H groups in total. The fraction of sp³-hybridized carbons (Fsp3) is 1.00. The van der Waals surface area contributed by atoms with Crippen LogP contribution in [0.1, 0.15) is 51.9 Å². The van der Waals surface area contributed by atoms with Gasteiger partial charge in [-0.3, -0.25) is 4.90 Å². The first-order valence-corrected chi connectivity index (χ1v) is 6.87. The Bertz CT molecular complexity index is 181. The molecular weight excluding hydrogens is 184 g/mol. The van der Waals surface area contributed by atoms with Crippen molar-refractivity contribution in [3.63, 3.8) is 0 Å². The molecule has 2 rings (SSSR count). The molecule has 0 aromatic heterocycles. The van der Waals surface area contributed by atoms with Crippen molar-refractivity contribution in [3.05, 3.63) is 0 Å². The highest BCUT2D eigenvalue weighted by molar-refractivity contribution is 4.85. The SMILES string of the molecule is CCCCCCC1CCC2NCCN2C1. The van der Waals surface area contributed by atoms with Crippen LogP contribution in [0, 0.1) is 5.92 Å². The minimum atomic E-state index is 0.733. The summed E-state index contributed by atoms with van der Waals surface area (Å²) in [6, 6.07) is 0. The van der Waals surface area contributed by atoms with Crippen LogP contribution in [0.25, 0.3) is 0 Å². The standard InChI is InChI=1S/C13H26N2/c1-2-3-4-5-6-12-7-8-13-14-9-10-15(13)11-12/h12-14H,2-11H2,1H3. The van der Waals surface area contributed by atoms with Gasteiger partial charge in [0.2, 0.25) is 0 Å². The van der Waals surface area contributed by atoms with Gasteiger partial charge in [0.15, 0.2) is 0 Å². The van der Waals surface area contributed by atoms with Crippen LogP contribution >= 0.6 is 0 Å². The first kappa shape index (κ1) is 11.4. The lowest BCUT2D eigenvalue weighted by Gasteiger charge is -2.34. The van der Waals surface area contributed by atoms with Crippen LogP contribution in [-0.4, -0.2) is 30.7 Å². The molecule has 2 aliphatic rings. The first-order chi connectivity index (χ1) is 7.40. The Hall–Kier alpha value is -0.0800. The molecule has 2 fully saturated rings. The molecule has 0 saturated carbocycles. The Kier molecular flexibility index (Phi) is 4.45. The topological polar surface area (TPSA) is 15.3 Å². The summed E-state index contributed by atoms with van der Waals surface area (Å²) in [5, 5.41) is 3.58. The molecule has 0 aliphatic carbocycles. The van der Waals surface area contributed by atoms with Gasteiger partial charge >= 0.3 is 0 Å². The van der Waals surface area contributed by atoms with Crippen LogP contribution in [-0.2, 0) is 0 Å². The third kappa shape index (κ3) is 3.18. The Morgan fingerprint density at radius 3 is 3.00 bits per heavy atom. The highest BCUT2D eigenvalue weighted by Gasteiger charge is 2.30. The van der Waals surface area contributed by atoms with Gasteiger partial charge in [0.1, 0.15) is 0 Å². The Morgan fingerprint density at radius 1 is 1.20 bits per heavy atom. The molecule has 2 heteroatoms. The quantitative estimate of drug-likeness (QED) is 0.702. The summed E-state index contributed by atoms with van der Waals surface area (Å²) >= 11 is 0. The Balaban J connectivity index is 1.62. The number of nitrogens with one attached hydrogen (secondary N) is 1. The van der Waals surface area contributed by atoms with Crippen LogP contribution < -0.4 is 5.32 Å². The zero-order chi connectivity index (χ0) is 10.5. The summed E-state index contributed by atoms with van der Waals surface area (Å²) < 4.78 is 0. The summed E-state index contributed by atoms with van der Waals surface area (Å²) in [6.45, 7) is 6.16. The number of fused-ring (bicyclic) bond motifs is 1. The van der Waals surface area contributed by atoms with E-state index >= 15 is 0 Å². The average Bonchev–Trinajstić information content (AvgIpc) is 2.71. The van der Waals surface area contributed by atoms with Gasteiger partial charge in [-0.1, -0.05) is 32.6 Å². The number of hydrogen-bond donors (Lipinski definition) is 1. The van der Waals surface area contributed by atoms with Gasteiger partial charge in [-0.25, -0.2) is 0 Å². The lowest BCUT2D eigenvalue weighted by Crippen LogP contribution is -2.43. The monoisotopic (exact) mass is 210 g/mol. The molecule has 0 aromatic carbocycles. The average molecular weight is 210 g/mol. The van der Waals surface area contributed by atoms with E-state index < -0.39 is 0 Å². The van der Waals surface area contributed by atoms with Crippen molar-refractivity contribution >= 4 is 0 Å². The normalized spacial score (nSPS) is 31.8. The van der Waals surface area contributed by atoms with Gasteiger partial charge in [0.25, 0.3) is 0 Å². The summed E-state index contributed by atoms with van der Waals surface area (Å²) in [4.78, 5) is 2.66. The third-order valence-electron chi connectivity index (χ3n) is 4.03. The maximum absolute atomic E-state index is 3.58. The Labute approximate surface area is 94.4 Å². The first-order valence-electron chi connectivity index (χ1n) is 6.87. The van der Waals surface area contributed by atoms with Crippen molar-refractivity contribution < 1.29 is 0 Å². The lowest BCUT2D eigenvalue weighted by atomic mass is 9.91. The molecule has 2 heterocycles. The molecule has 2 aliphatic heterocycles. The van der Waals surface area contributed by atoms with Gasteiger partial charge in [0.05, 0.1) is 6.17 Å². The maximum atomic E-state index is 3.58. The summed E-state index contributed by atoms with van der Waals surface area (Å²) in [6.07, 6.45) is 10.8. The second kappa shape index (κ2) is 5.86. The molecule has 0 radical (unpaired) electrons. The van der Waals surface area contributed by atoms with Crippen LogP contribution in [0.15, 0.2) is 0 Å². The number of nitrogens with zero attached hydrogens (tertiary/aromatic N) is 1. The smallest absolute Gasteiger partial charge is 0.0598 e. The van der Waals surface area contributed by atoms with E-state index in [1.165, 1.54) is 64.6 Å². The second-order valence-corrected chi connectivity index (χ2v) is 5.26. The van der Waals surface area contributed by atoms with E-state index in [4.69, 9.17) is 0 Å². The van der Waals surface area contributed by atoms with Crippen molar-refractivity contribution in [2.75, 3.05) is 19.6 Å². The molecule has 15 heavy (non-hydrogen) atoms. The number of unbranched alkanes of at least 4 members (excludes halogenated alkanes) is 3. The molecule has 2 atom stereocenters. The summed E-state index contributed by atoms with van der Waals surface area (Å²) in [5.41, 5.74) is 0. The van der Waals surface area contributed by atoms with Gasteiger partial charge in [-0.05, 0) is 25.2 Å². The molecule has 2 unspecified atom stereocenters. The molecule has 88 valence electrons. The zero-order valence-corrected chi connectivity index (χ0v) is 10.2. The number of hydrogen-bond acceptors (Lipinski definition) is 2. The fourth-order valence-electron chi connectivity index (χ4n) is 3.07. The molecule has 0 spiro atoms. The van der Waals surface area contributed by atoms with Crippen LogP contribution in [0.3, 0.4) is 0 Å². The third-order valence-corrected chi connectivity index (χ3v) is 4.03. The van der Waals surface area contributed by atoms with Crippen LogP contribution in [0.5, 0.6) is 0 Å². The van der Waals surface area contributed by atoms with E-state index in [9.17, 15) is 0 Å².